The van der Waals surface area contributed by atoms with Gasteiger partial charge in [0.2, 0.25) is 0 Å². The van der Waals surface area contributed by atoms with Crippen LogP contribution in [0.5, 0.6) is 0 Å². The highest BCUT2D eigenvalue weighted by atomic mass is 79.9. The van der Waals surface area contributed by atoms with Crippen LogP contribution < -0.4 is 0 Å². The molecular weight excluding hydrogens is 358 g/mol. The third-order valence-corrected chi connectivity index (χ3v) is 5.14. The quantitative estimate of drug-likeness (QED) is 0.621. The van der Waals surface area contributed by atoms with Crippen molar-refractivity contribution in [3.05, 3.63) is 45.1 Å². The Balaban J connectivity index is 2.29. The van der Waals surface area contributed by atoms with Gasteiger partial charge in [-0.15, -0.1) is 22.9 Å². The van der Waals surface area contributed by atoms with Crippen LogP contribution >= 0.6 is 38.9 Å². The molecule has 2 heterocycles. The van der Waals surface area contributed by atoms with Crippen LogP contribution in [0.1, 0.15) is 24.7 Å². The minimum absolute atomic E-state index is 0.277. The number of halogens is 2. The number of rotatable bonds is 3. The van der Waals surface area contributed by atoms with Crippen LogP contribution in [0, 0.1) is 0 Å². The highest BCUT2D eigenvalue weighted by Gasteiger charge is 2.30. The smallest absolute Gasteiger partial charge is 0.125 e. The van der Waals surface area contributed by atoms with Gasteiger partial charge in [-0.25, -0.2) is 9.97 Å². The lowest BCUT2D eigenvalue weighted by molar-refractivity contribution is 0.435. The van der Waals surface area contributed by atoms with E-state index < -0.39 is 0 Å². The maximum atomic E-state index is 6.10. The van der Waals surface area contributed by atoms with Gasteiger partial charge < -0.3 is 4.57 Å². The Morgan fingerprint density at radius 2 is 2.20 bits per heavy atom. The summed E-state index contributed by atoms with van der Waals surface area (Å²) < 4.78 is 3.20. The second kappa shape index (κ2) is 5.13. The summed E-state index contributed by atoms with van der Waals surface area (Å²) >= 11 is 11.2. The van der Waals surface area contributed by atoms with E-state index >= 15 is 0 Å². The first-order chi connectivity index (χ1) is 9.54. The summed E-state index contributed by atoms with van der Waals surface area (Å²) in [5.41, 5.74) is 1.74. The normalized spacial score (nSPS) is 12.2. The van der Waals surface area contributed by atoms with E-state index in [-0.39, 0.29) is 5.54 Å². The average molecular weight is 371 g/mol. The van der Waals surface area contributed by atoms with Gasteiger partial charge in [0.25, 0.3) is 0 Å². The monoisotopic (exact) mass is 369 g/mol. The number of hydrogen-bond acceptors (Lipinski definition) is 3. The molecule has 0 aliphatic rings. The number of thiazole rings is 1. The molecule has 3 rings (SSSR count). The molecule has 0 aliphatic heterocycles. The van der Waals surface area contributed by atoms with E-state index in [1.165, 1.54) is 0 Å². The van der Waals surface area contributed by atoms with Crippen LogP contribution in [-0.4, -0.2) is 14.5 Å². The van der Waals surface area contributed by atoms with E-state index in [1.807, 2.05) is 23.7 Å². The predicted molar refractivity (Wildman–Crippen MR) is 87.5 cm³/mol. The molecule has 3 nitrogen and oxygen atoms in total. The first-order valence-corrected chi connectivity index (χ1v) is 8.38. The zero-order valence-corrected chi connectivity index (χ0v) is 14.3. The minimum Gasteiger partial charge on any atom is -0.315 e. The van der Waals surface area contributed by atoms with Crippen molar-refractivity contribution in [1.82, 2.24) is 14.5 Å². The van der Waals surface area contributed by atoms with Crippen molar-refractivity contribution in [3.63, 3.8) is 0 Å². The Hall–Kier alpha value is -0.910. The molecule has 20 heavy (non-hydrogen) atoms. The second-order valence-electron chi connectivity index (χ2n) is 5.03. The zero-order valence-electron chi connectivity index (χ0n) is 11.1. The number of nitrogens with zero attached hydrogens (tertiary/aromatic N) is 3. The van der Waals surface area contributed by atoms with Crippen LogP contribution in [0.4, 0.5) is 0 Å². The summed E-state index contributed by atoms with van der Waals surface area (Å²) in [6.07, 6.45) is 1.83. The fourth-order valence-electron chi connectivity index (χ4n) is 2.44. The van der Waals surface area contributed by atoms with E-state index in [9.17, 15) is 0 Å². The molecule has 0 fully saturated rings. The van der Waals surface area contributed by atoms with Crippen molar-refractivity contribution < 1.29 is 0 Å². The minimum atomic E-state index is -0.277. The van der Waals surface area contributed by atoms with E-state index in [1.54, 1.807) is 11.3 Å². The van der Waals surface area contributed by atoms with Crippen molar-refractivity contribution in [2.75, 3.05) is 0 Å². The molecule has 0 radical (unpaired) electrons. The Kier molecular flexibility index (Phi) is 3.60. The molecular formula is C14H13BrClN3S. The summed E-state index contributed by atoms with van der Waals surface area (Å²) in [7, 11) is 0. The second-order valence-corrected chi connectivity index (χ2v) is 7.10. The molecule has 2 aromatic heterocycles. The van der Waals surface area contributed by atoms with E-state index in [4.69, 9.17) is 11.6 Å². The van der Waals surface area contributed by atoms with Crippen molar-refractivity contribution in [2.45, 2.75) is 25.3 Å². The SMILES string of the molecule is CC(C)(c1nccs1)n1c(CCl)nc2cc(Br)ccc21. The molecule has 0 saturated carbocycles. The van der Waals surface area contributed by atoms with Crippen LogP contribution in [0.25, 0.3) is 11.0 Å². The fourth-order valence-corrected chi connectivity index (χ4v) is 3.72. The third-order valence-electron chi connectivity index (χ3n) is 3.32. The molecule has 0 atom stereocenters. The van der Waals surface area contributed by atoms with Gasteiger partial charge in [0, 0.05) is 16.0 Å². The van der Waals surface area contributed by atoms with Gasteiger partial charge in [0.15, 0.2) is 0 Å². The van der Waals surface area contributed by atoms with Gasteiger partial charge >= 0.3 is 0 Å². The molecule has 0 aliphatic carbocycles. The third kappa shape index (κ3) is 2.18. The summed E-state index contributed by atoms with van der Waals surface area (Å²) in [6, 6.07) is 6.11. The van der Waals surface area contributed by atoms with Gasteiger partial charge in [-0.2, -0.15) is 0 Å². The van der Waals surface area contributed by atoms with Gasteiger partial charge in [0.05, 0.1) is 22.5 Å². The lowest BCUT2D eigenvalue weighted by Gasteiger charge is -2.27. The lowest BCUT2D eigenvalue weighted by atomic mass is 10.1. The Morgan fingerprint density at radius 1 is 1.40 bits per heavy atom. The molecule has 0 spiro atoms. The van der Waals surface area contributed by atoms with Gasteiger partial charge in [-0.1, -0.05) is 15.9 Å². The Morgan fingerprint density at radius 3 is 2.85 bits per heavy atom. The highest BCUT2D eigenvalue weighted by molar-refractivity contribution is 9.10. The number of imidazole rings is 1. The number of aromatic nitrogens is 3. The maximum Gasteiger partial charge on any atom is 0.125 e. The molecule has 6 heteroatoms. The molecule has 0 unspecified atom stereocenters. The van der Waals surface area contributed by atoms with E-state index in [0.29, 0.717) is 5.88 Å². The molecule has 0 saturated heterocycles. The zero-order chi connectivity index (χ0) is 14.3. The van der Waals surface area contributed by atoms with Gasteiger partial charge in [-0.05, 0) is 32.0 Å². The summed E-state index contributed by atoms with van der Waals surface area (Å²) in [5.74, 6) is 1.24. The summed E-state index contributed by atoms with van der Waals surface area (Å²) in [6.45, 7) is 4.29. The fraction of sp³-hybridized carbons (Fsp3) is 0.286. The van der Waals surface area contributed by atoms with E-state index in [2.05, 4.69) is 50.4 Å². The molecule has 3 aromatic rings. The summed E-state index contributed by atoms with van der Waals surface area (Å²) in [4.78, 5) is 9.11. The first kappa shape index (κ1) is 14.0. The summed E-state index contributed by atoms with van der Waals surface area (Å²) in [5, 5.41) is 3.04. The first-order valence-electron chi connectivity index (χ1n) is 6.17. The number of alkyl halides is 1. The van der Waals surface area contributed by atoms with Gasteiger partial charge in [-0.3, -0.25) is 0 Å². The van der Waals surface area contributed by atoms with Crippen molar-refractivity contribution in [3.8, 4) is 0 Å². The van der Waals surface area contributed by atoms with Crippen LogP contribution in [0.15, 0.2) is 34.2 Å². The molecule has 0 amide bonds. The molecule has 1 aromatic carbocycles. The number of benzene rings is 1. The standard InChI is InChI=1S/C14H13BrClN3S/c1-14(2,13-17-5-6-20-13)19-11-4-3-9(15)7-10(11)18-12(19)8-16/h3-7H,8H2,1-2H3. The van der Waals surface area contributed by atoms with E-state index in [0.717, 1.165) is 26.3 Å². The molecule has 104 valence electrons. The predicted octanol–water partition coefficient (Wildman–Crippen LogP) is 4.78. The van der Waals surface area contributed by atoms with Crippen molar-refractivity contribution in [1.29, 1.82) is 0 Å². The molecule has 0 bridgehead atoms. The van der Waals surface area contributed by atoms with Gasteiger partial charge in [0.1, 0.15) is 10.8 Å². The van der Waals surface area contributed by atoms with Crippen molar-refractivity contribution in [2.24, 2.45) is 0 Å². The Bertz CT molecular complexity index is 749. The van der Waals surface area contributed by atoms with Crippen LogP contribution in [-0.2, 0) is 11.4 Å². The lowest BCUT2D eigenvalue weighted by Crippen LogP contribution is -2.29. The number of fused-ring (bicyclic) bond motifs is 1. The van der Waals surface area contributed by atoms with Crippen molar-refractivity contribution >= 4 is 49.9 Å². The topological polar surface area (TPSA) is 30.7 Å². The van der Waals surface area contributed by atoms with Crippen LogP contribution in [0.2, 0.25) is 0 Å². The maximum absolute atomic E-state index is 6.10. The highest BCUT2D eigenvalue weighted by Crippen LogP contribution is 2.33. The average Bonchev–Trinajstić information content (AvgIpc) is 3.05. The number of hydrogen-bond donors (Lipinski definition) is 0. The Labute approximate surface area is 134 Å². The largest absolute Gasteiger partial charge is 0.315 e. The molecule has 0 N–H and O–H groups in total. The van der Waals surface area contributed by atoms with Crippen LogP contribution in [0.3, 0.4) is 0 Å².